The van der Waals surface area contributed by atoms with E-state index in [1.165, 1.54) is 0 Å². The molecule has 0 aromatic carbocycles. The van der Waals surface area contributed by atoms with Gasteiger partial charge in [0.25, 0.3) is 5.12 Å². The van der Waals surface area contributed by atoms with Crippen LogP contribution in [0, 0.1) is 91.0 Å². The highest BCUT2D eigenvalue weighted by Gasteiger charge is 3.24. The molecule has 33 nitrogen and oxygen atoms in total. The summed E-state index contributed by atoms with van der Waals surface area (Å²) in [6.45, 7) is 0. The molecule has 0 aliphatic heterocycles. The van der Waals surface area contributed by atoms with Crippen molar-refractivity contribution in [2.45, 2.75) is 22.8 Å². The van der Waals surface area contributed by atoms with Crippen molar-refractivity contribution < 1.29 is 54.4 Å². The number of nitrogens with zero attached hydrogens (tertiary/aromatic N) is 11. The van der Waals surface area contributed by atoms with Crippen LogP contribution in [0.25, 0.3) is 0 Å². The fraction of sp³-hybridized carbons (Fsp3) is 0.667. The summed E-state index contributed by atoms with van der Waals surface area (Å²) in [6, 6.07) is 0. The standard InChI is InChI=1S/C6H5N13O20/c7-2(8)9-6(16(32)33,17(34)35)5(14(28)29,15(30)31)4(12(24)25,13(26)27)3(1(20)21,11(22)23)10(18(36)37)19(38)39/h(H,20,21)(H4,7,8,9)/t3-/m0/s1. The topological polar surface area (TPSA) is 493 Å². The van der Waals surface area contributed by atoms with Gasteiger partial charge >= 0.3 is 28.7 Å². The van der Waals surface area contributed by atoms with E-state index in [0.717, 1.165) is 0 Å². The quantitative estimate of drug-likeness (QED) is 0.0536. The number of rotatable bonds is 15. The van der Waals surface area contributed by atoms with Crippen LogP contribution in [-0.4, -0.2) is 89.5 Å². The lowest BCUT2D eigenvalue weighted by Crippen LogP contribution is -2.94. The van der Waals surface area contributed by atoms with Crippen LogP contribution < -0.4 is 11.5 Å². The number of hydrogen-bond acceptors (Lipinski definition) is 20. The Labute approximate surface area is 203 Å². The Hall–Kier alpha value is -6.86. The molecule has 0 saturated carbocycles. The van der Waals surface area contributed by atoms with Crippen LogP contribution in [0.4, 0.5) is 0 Å². The second-order valence-electron chi connectivity index (χ2n) is 6.06. The third-order valence-corrected chi connectivity index (χ3v) is 4.45. The van der Waals surface area contributed by atoms with Gasteiger partial charge in [0, 0.05) is 0 Å². The van der Waals surface area contributed by atoms with E-state index < -0.39 is 84.3 Å². The summed E-state index contributed by atoms with van der Waals surface area (Å²) in [5.74, 6) is -12.9. The number of carboxylic acid groups (broad SMARTS) is 1. The molecule has 0 unspecified atom stereocenters. The maximum atomic E-state index is 12.1. The zero-order valence-corrected chi connectivity index (χ0v) is 17.3. The highest BCUT2D eigenvalue weighted by atomic mass is 16.8. The van der Waals surface area contributed by atoms with Crippen molar-refractivity contribution in [2.75, 3.05) is 0 Å². The number of nitro groups is 9. The molecule has 0 rings (SSSR count). The molecule has 0 heterocycles. The molecule has 214 valence electrons. The summed E-state index contributed by atoms with van der Waals surface area (Å²) >= 11 is 0. The van der Waals surface area contributed by atoms with Crippen molar-refractivity contribution >= 4 is 11.9 Å². The zero-order chi connectivity index (χ0) is 31.6. The van der Waals surface area contributed by atoms with Gasteiger partial charge in [-0.3, -0.25) is 70.8 Å². The average molecular weight is 579 g/mol. The predicted octanol–water partition coefficient (Wildman–Crippen LogP) is -5.29. The van der Waals surface area contributed by atoms with Gasteiger partial charge in [-0.1, -0.05) is 4.99 Å². The van der Waals surface area contributed by atoms with Crippen molar-refractivity contribution in [3.05, 3.63) is 91.0 Å². The Morgan fingerprint density at radius 1 is 0.590 bits per heavy atom. The molecule has 0 aliphatic carbocycles. The first-order chi connectivity index (χ1) is 17.5. The lowest BCUT2D eigenvalue weighted by atomic mass is 9.77. The lowest BCUT2D eigenvalue weighted by Gasteiger charge is -2.28. The van der Waals surface area contributed by atoms with Crippen LogP contribution in [-0.2, 0) is 4.79 Å². The minimum Gasteiger partial charge on any atom is -0.474 e. The Kier molecular flexibility index (Phi) is 7.95. The van der Waals surface area contributed by atoms with Gasteiger partial charge < -0.3 is 16.6 Å². The Bertz CT molecular complexity index is 1180. The summed E-state index contributed by atoms with van der Waals surface area (Å²) in [7, 11) is 0. The smallest absolute Gasteiger partial charge is 0.474 e. The van der Waals surface area contributed by atoms with E-state index in [1.54, 1.807) is 0 Å². The SMILES string of the molecule is NC(N)=NC([N+](=O)[O-])([N+](=O)[O-])C([N+](=O)[O-])([N+](=O)[O-])C([N+](=O)[O-])([N+](=O)[O-])[C@@](C(=O)O)(N([N+](=O)[O-])[N+](=O)[O-])[N+](=O)[O-]. The van der Waals surface area contributed by atoms with Crippen LogP contribution in [0.1, 0.15) is 0 Å². The molecule has 1 atom stereocenters. The van der Waals surface area contributed by atoms with Gasteiger partial charge in [0.15, 0.2) is 5.96 Å². The first-order valence-corrected chi connectivity index (χ1v) is 7.93. The van der Waals surface area contributed by atoms with E-state index in [9.17, 15) is 101 Å². The molecular formula is C6H5N13O20. The van der Waals surface area contributed by atoms with Gasteiger partial charge in [0.1, 0.15) is 29.5 Å². The fourth-order valence-corrected chi connectivity index (χ4v) is 3.23. The van der Waals surface area contributed by atoms with Gasteiger partial charge in [-0.15, -0.1) is 0 Å². The Morgan fingerprint density at radius 2 is 0.897 bits per heavy atom. The summed E-state index contributed by atoms with van der Waals surface area (Å²) in [5.41, 5.74) is -11.8. The minimum absolute atomic E-state index is 1.84. The number of carbonyl (C=O) groups is 1. The maximum Gasteiger partial charge on any atom is 0.770 e. The van der Waals surface area contributed by atoms with Crippen molar-refractivity contribution in [3.8, 4) is 0 Å². The van der Waals surface area contributed by atoms with Crippen LogP contribution in [0.2, 0.25) is 0 Å². The van der Waals surface area contributed by atoms with Gasteiger partial charge in [-0.25, -0.2) is 25.0 Å². The molecule has 39 heavy (non-hydrogen) atoms. The highest BCUT2D eigenvalue weighted by Crippen LogP contribution is 2.50. The molecule has 5 N–H and O–H groups in total. The van der Waals surface area contributed by atoms with Gasteiger partial charge in [0.05, 0.1) is 4.92 Å². The Balaban J connectivity index is 9.88. The first kappa shape index (κ1) is 32.1. The first-order valence-electron chi connectivity index (χ1n) is 7.93. The van der Waals surface area contributed by atoms with Crippen LogP contribution in [0.5, 0.6) is 0 Å². The number of aliphatic carboxylic acids is 1. The number of carboxylic acids is 1. The highest BCUT2D eigenvalue weighted by molar-refractivity contribution is 5.78. The van der Waals surface area contributed by atoms with Crippen molar-refractivity contribution in [2.24, 2.45) is 16.5 Å². The van der Waals surface area contributed by atoms with Crippen molar-refractivity contribution in [1.29, 1.82) is 0 Å². The van der Waals surface area contributed by atoms with Gasteiger partial charge in [-0.05, 0) is 0 Å². The van der Waals surface area contributed by atoms with Crippen molar-refractivity contribution in [1.82, 2.24) is 5.12 Å². The second-order valence-corrected chi connectivity index (χ2v) is 6.06. The maximum absolute atomic E-state index is 12.1. The number of aliphatic imine (C=N–C) groups is 1. The Morgan fingerprint density at radius 3 is 1.05 bits per heavy atom. The average Bonchev–Trinajstić information content (AvgIpc) is 2.71. The molecule has 0 saturated heterocycles. The monoisotopic (exact) mass is 579 g/mol. The lowest BCUT2D eigenvalue weighted by molar-refractivity contribution is -1.05. The van der Waals surface area contributed by atoms with Gasteiger partial charge in [-0.2, -0.15) is 0 Å². The van der Waals surface area contributed by atoms with E-state index in [2.05, 4.69) is 11.5 Å². The molecule has 0 aromatic heterocycles. The molecule has 0 spiro atoms. The number of nitrogens with two attached hydrogens (primary N) is 2. The van der Waals surface area contributed by atoms with Crippen LogP contribution >= 0.6 is 0 Å². The minimum atomic E-state index is -7.18. The van der Waals surface area contributed by atoms with Crippen LogP contribution in [0.3, 0.4) is 0 Å². The van der Waals surface area contributed by atoms with E-state index in [-0.39, 0.29) is 0 Å². The molecule has 0 amide bonds. The number of guanidine groups is 1. The zero-order valence-electron chi connectivity index (χ0n) is 17.3. The second kappa shape index (κ2) is 9.65. The molecule has 33 heteroatoms. The molecule has 0 aliphatic rings. The molecule has 0 fully saturated rings. The summed E-state index contributed by atoms with van der Waals surface area (Å²) in [5, 5.41) is 106. The van der Waals surface area contributed by atoms with E-state index in [1.807, 2.05) is 4.99 Å². The van der Waals surface area contributed by atoms with E-state index >= 15 is 0 Å². The normalized spacial score (nSPS) is 13.0. The van der Waals surface area contributed by atoms with Crippen molar-refractivity contribution in [3.63, 3.8) is 0 Å². The molecule has 0 bridgehead atoms. The molecular weight excluding hydrogens is 574 g/mol. The number of hydrogen-bond donors (Lipinski definition) is 3. The third-order valence-electron chi connectivity index (χ3n) is 4.45. The summed E-state index contributed by atoms with van der Waals surface area (Å²) in [4.78, 5) is 96.6. The largest absolute Gasteiger partial charge is 0.770 e. The van der Waals surface area contributed by atoms with Gasteiger partial charge in [0.2, 0.25) is 10.1 Å². The number of hydrazine groups is 2. The fourth-order valence-electron chi connectivity index (χ4n) is 3.23. The summed E-state index contributed by atoms with van der Waals surface area (Å²) in [6.07, 6.45) is 0. The van der Waals surface area contributed by atoms with E-state index in [4.69, 9.17) is 0 Å². The molecule has 0 radical (unpaired) electrons. The summed E-state index contributed by atoms with van der Waals surface area (Å²) < 4.78 is 0. The van der Waals surface area contributed by atoms with Crippen LogP contribution in [0.15, 0.2) is 4.99 Å². The predicted molar refractivity (Wildman–Crippen MR) is 99.2 cm³/mol. The molecule has 0 aromatic rings. The third kappa shape index (κ3) is 3.48. The van der Waals surface area contributed by atoms with E-state index in [0.29, 0.717) is 0 Å².